The number of fused-ring (bicyclic) bond motifs is 1. The van der Waals surface area contributed by atoms with Crippen molar-refractivity contribution in [1.82, 2.24) is 25.4 Å². The zero-order valence-corrected chi connectivity index (χ0v) is 10.1. The summed E-state index contributed by atoms with van der Waals surface area (Å²) in [5, 5.41) is 13.0. The Labute approximate surface area is 108 Å². The second kappa shape index (κ2) is 4.89. The van der Waals surface area contributed by atoms with Crippen LogP contribution in [0.2, 0.25) is 0 Å². The average Bonchev–Trinajstić information content (AvgIpc) is 2.89. The van der Waals surface area contributed by atoms with Crippen LogP contribution in [-0.2, 0) is 6.42 Å². The van der Waals surface area contributed by atoms with E-state index in [1.807, 2.05) is 18.2 Å². The van der Waals surface area contributed by atoms with Crippen LogP contribution in [0.5, 0.6) is 0 Å². The third-order valence-electron chi connectivity index (χ3n) is 2.74. The van der Waals surface area contributed by atoms with Gasteiger partial charge >= 0.3 is 0 Å². The van der Waals surface area contributed by atoms with Crippen molar-refractivity contribution < 1.29 is 0 Å². The fraction of sp³-hybridized carbons (Fsp3) is 0.167. The Morgan fingerprint density at radius 3 is 2.84 bits per heavy atom. The molecule has 0 unspecified atom stereocenters. The lowest BCUT2D eigenvalue weighted by atomic mass is 10.1. The molecule has 3 aromatic rings. The molecule has 0 aliphatic heterocycles. The van der Waals surface area contributed by atoms with Gasteiger partial charge in [0.1, 0.15) is 0 Å². The standard InChI is InChI=1S/C12H12N6O/c19-11-9-10(17-18-16-9)14-12(15-11)13-7-6-8-4-2-1-3-5-8/h1-5H,6-7H2,(H3,13,14,15,16,17,18,19). The molecule has 2 aromatic heterocycles. The highest BCUT2D eigenvalue weighted by atomic mass is 16.1. The molecule has 0 fully saturated rings. The quantitative estimate of drug-likeness (QED) is 0.638. The van der Waals surface area contributed by atoms with Crippen LogP contribution in [-0.4, -0.2) is 31.9 Å². The van der Waals surface area contributed by atoms with Crippen LogP contribution in [0, 0.1) is 0 Å². The Morgan fingerprint density at radius 2 is 2.00 bits per heavy atom. The van der Waals surface area contributed by atoms with Crippen LogP contribution < -0.4 is 10.9 Å². The molecular formula is C12H12N6O. The lowest BCUT2D eigenvalue weighted by molar-refractivity contribution is 0.953. The summed E-state index contributed by atoms with van der Waals surface area (Å²) in [6.45, 7) is 0.677. The van der Waals surface area contributed by atoms with Gasteiger partial charge in [-0.1, -0.05) is 30.3 Å². The summed E-state index contributed by atoms with van der Waals surface area (Å²) in [7, 11) is 0. The zero-order chi connectivity index (χ0) is 13.1. The van der Waals surface area contributed by atoms with Crippen molar-refractivity contribution in [2.24, 2.45) is 0 Å². The van der Waals surface area contributed by atoms with Crippen LogP contribution >= 0.6 is 0 Å². The maximum absolute atomic E-state index is 11.6. The number of benzene rings is 1. The first-order chi connectivity index (χ1) is 9.33. The van der Waals surface area contributed by atoms with Crippen LogP contribution in [0.3, 0.4) is 0 Å². The fourth-order valence-electron chi connectivity index (χ4n) is 1.81. The van der Waals surface area contributed by atoms with E-state index in [9.17, 15) is 4.79 Å². The van der Waals surface area contributed by atoms with Gasteiger partial charge in [-0.2, -0.15) is 10.2 Å². The minimum Gasteiger partial charge on any atom is -0.355 e. The highest BCUT2D eigenvalue weighted by Gasteiger charge is 2.06. The van der Waals surface area contributed by atoms with Gasteiger partial charge in [0.05, 0.1) is 0 Å². The van der Waals surface area contributed by atoms with Crippen molar-refractivity contribution in [2.45, 2.75) is 6.42 Å². The van der Waals surface area contributed by atoms with E-state index in [2.05, 4.69) is 42.8 Å². The predicted molar refractivity (Wildman–Crippen MR) is 70.9 cm³/mol. The molecule has 3 rings (SSSR count). The summed E-state index contributed by atoms with van der Waals surface area (Å²) < 4.78 is 0. The van der Waals surface area contributed by atoms with E-state index in [4.69, 9.17) is 0 Å². The first-order valence-electron chi connectivity index (χ1n) is 5.91. The van der Waals surface area contributed by atoms with Crippen LogP contribution in [0.25, 0.3) is 11.2 Å². The zero-order valence-electron chi connectivity index (χ0n) is 10.1. The second-order valence-corrected chi connectivity index (χ2v) is 4.07. The third kappa shape index (κ3) is 2.44. The number of nitrogens with zero attached hydrogens (tertiary/aromatic N) is 3. The summed E-state index contributed by atoms with van der Waals surface area (Å²) >= 11 is 0. The van der Waals surface area contributed by atoms with Crippen molar-refractivity contribution in [3.8, 4) is 0 Å². The van der Waals surface area contributed by atoms with E-state index in [-0.39, 0.29) is 11.1 Å². The normalized spacial score (nSPS) is 10.7. The molecule has 0 radical (unpaired) electrons. The highest BCUT2D eigenvalue weighted by Crippen LogP contribution is 2.03. The van der Waals surface area contributed by atoms with Crippen molar-refractivity contribution >= 4 is 17.1 Å². The van der Waals surface area contributed by atoms with Gasteiger partial charge in [-0.25, -0.2) is 0 Å². The van der Waals surface area contributed by atoms with Gasteiger partial charge in [-0.05, 0) is 12.0 Å². The Morgan fingerprint density at radius 1 is 1.16 bits per heavy atom. The summed E-state index contributed by atoms with van der Waals surface area (Å²) in [5.41, 5.74) is 1.44. The number of H-pyrrole nitrogens is 2. The SMILES string of the molecule is O=c1[nH]c(NCCc2ccccc2)nc2n[nH]nc12. The fourth-order valence-corrected chi connectivity index (χ4v) is 1.81. The van der Waals surface area contributed by atoms with E-state index in [1.54, 1.807) is 0 Å². The van der Waals surface area contributed by atoms with E-state index >= 15 is 0 Å². The van der Waals surface area contributed by atoms with E-state index in [0.29, 0.717) is 18.1 Å². The largest absolute Gasteiger partial charge is 0.355 e. The molecule has 7 nitrogen and oxygen atoms in total. The Balaban J connectivity index is 1.70. The minimum atomic E-state index is -0.305. The topological polar surface area (TPSA) is 99.4 Å². The molecule has 96 valence electrons. The van der Waals surface area contributed by atoms with Crippen molar-refractivity contribution in [3.63, 3.8) is 0 Å². The van der Waals surface area contributed by atoms with Crippen LogP contribution in [0.4, 0.5) is 5.95 Å². The van der Waals surface area contributed by atoms with E-state index < -0.39 is 0 Å². The lowest BCUT2D eigenvalue weighted by Gasteiger charge is -2.04. The molecule has 7 heteroatoms. The van der Waals surface area contributed by atoms with Crippen molar-refractivity contribution in [1.29, 1.82) is 0 Å². The number of rotatable bonds is 4. The summed E-state index contributed by atoms with van der Waals surface area (Å²) in [6.07, 6.45) is 0.849. The maximum Gasteiger partial charge on any atom is 0.282 e. The number of hydrogen-bond acceptors (Lipinski definition) is 5. The van der Waals surface area contributed by atoms with Crippen molar-refractivity contribution in [2.75, 3.05) is 11.9 Å². The highest BCUT2D eigenvalue weighted by molar-refractivity contribution is 5.68. The first kappa shape index (κ1) is 11.4. The molecule has 0 saturated heterocycles. The van der Waals surface area contributed by atoms with E-state index in [0.717, 1.165) is 6.42 Å². The number of aromatic amines is 2. The molecule has 3 N–H and O–H groups in total. The molecule has 0 atom stereocenters. The van der Waals surface area contributed by atoms with Gasteiger partial charge in [-0.3, -0.25) is 9.78 Å². The average molecular weight is 256 g/mol. The van der Waals surface area contributed by atoms with Crippen LogP contribution in [0.15, 0.2) is 35.1 Å². The second-order valence-electron chi connectivity index (χ2n) is 4.07. The monoisotopic (exact) mass is 256 g/mol. The Bertz CT molecular complexity index is 733. The molecule has 0 aliphatic rings. The van der Waals surface area contributed by atoms with Gasteiger partial charge in [-0.15, -0.1) is 10.2 Å². The summed E-state index contributed by atoms with van der Waals surface area (Å²) in [4.78, 5) is 18.4. The number of hydrogen-bond donors (Lipinski definition) is 3. The van der Waals surface area contributed by atoms with Gasteiger partial charge < -0.3 is 5.32 Å². The third-order valence-corrected chi connectivity index (χ3v) is 2.74. The molecule has 0 amide bonds. The maximum atomic E-state index is 11.6. The lowest BCUT2D eigenvalue weighted by Crippen LogP contribution is -2.15. The number of anilines is 1. The summed E-state index contributed by atoms with van der Waals surface area (Å²) in [6, 6.07) is 10.1. The number of aromatic nitrogens is 5. The molecule has 0 spiro atoms. The van der Waals surface area contributed by atoms with E-state index in [1.165, 1.54) is 5.56 Å². The molecule has 0 bridgehead atoms. The van der Waals surface area contributed by atoms with Gasteiger partial charge in [0.25, 0.3) is 5.56 Å². The van der Waals surface area contributed by atoms with Gasteiger partial charge in [0.2, 0.25) is 11.6 Å². The van der Waals surface area contributed by atoms with Gasteiger partial charge in [0.15, 0.2) is 5.52 Å². The molecule has 0 saturated carbocycles. The van der Waals surface area contributed by atoms with Crippen LogP contribution in [0.1, 0.15) is 5.56 Å². The molecule has 0 aliphatic carbocycles. The smallest absolute Gasteiger partial charge is 0.282 e. The molecule has 19 heavy (non-hydrogen) atoms. The van der Waals surface area contributed by atoms with Gasteiger partial charge in [0, 0.05) is 6.54 Å². The molecule has 2 heterocycles. The van der Waals surface area contributed by atoms with Crippen molar-refractivity contribution in [3.05, 3.63) is 46.2 Å². The molecule has 1 aromatic carbocycles. The molecular weight excluding hydrogens is 244 g/mol. The first-order valence-corrected chi connectivity index (χ1v) is 5.91. The number of nitrogens with one attached hydrogen (secondary N) is 3. The minimum absolute atomic E-state index is 0.216. The summed E-state index contributed by atoms with van der Waals surface area (Å²) in [5.74, 6) is 0.405. The predicted octanol–water partition coefficient (Wildman–Crippen LogP) is 0.696. The Hall–Kier alpha value is -2.70. The Kier molecular flexibility index (Phi) is 2.93.